The zero-order valence-corrected chi connectivity index (χ0v) is 15.1. The van der Waals surface area contributed by atoms with Crippen LogP contribution in [0.25, 0.3) is 0 Å². The van der Waals surface area contributed by atoms with Crippen molar-refractivity contribution >= 4 is 23.7 Å². The van der Waals surface area contributed by atoms with Gasteiger partial charge in [0, 0.05) is 26.7 Å². The molecule has 2 rings (SSSR count). The number of halogens is 1. The number of nitrogens with zero attached hydrogens (tertiary/aromatic N) is 2. The molecule has 24 heavy (non-hydrogen) atoms. The summed E-state index contributed by atoms with van der Waals surface area (Å²) < 4.78 is 13.1. The van der Waals surface area contributed by atoms with Gasteiger partial charge in [-0.25, -0.2) is 9.18 Å². The zero-order chi connectivity index (χ0) is 17.7. The van der Waals surface area contributed by atoms with Crippen molar-refractivity contribution in [2.24, 2.45) is 0 Å². The molecule has 1 aromatic carbocycles. The van der Waals surface area contributed by atoms with Crippen molar-refractivity contribution in [2.45, 2.75) is 30.9 Å². The molecule has 1 fully saturated rings. The maximum atomic E-state index is 13.1. The number of thioether (sulfide) groups is 1. The Bertz CT molecular complexity index is 582. The molecule has 7 heteroatoms. The number of carbonyl (C=O) groups is 2. The lowest BCUT2D eigenvalue weighted by Crippen LogP contribution is -2.43. The average molecular weight is 353 g/mol. The monoisotopic (exact) mass is 353 g/mol. The summed E-state index contributed by atoms with van der Waals surface area (Å²) in [5, 5.41) is 2.54. The fourth-order valence-electron chi connectivity index (χ4n) is 2.51. The van der Waals surface area contributed by atoms with E-state index in [1.807, 2.05) is 13.8 Å². The molecule has 2 atom stereocenters. The van der Waals surface area contributed by atoms with Crippen LogP contribution in [0.4, 0.5) is 9.18 Å². The fraction of sp³-hybridized carbons (Fsp3) is 0.529. The summed E-state index contributed by atoms with van der Waals surface area (Å²) in [6.07, 6.45) is 0.880. The van der Waals surface area contributed by atoms with Gasteiger partial charge in [-0.1, -0.05) is 19.1 Å². The Morgan fingerprint density at radius 2 is 2.04 bits per heavy atom. The van der Waals surface area contributed by atoms with Gasteiger partial charge in [-0.3, -0.25) is 4.79 Å². The molecule has 5 nitrogen and oxygen atoms in total. The van der Waals surface area contributed by atoms with E-state index in [1.54, 1.807) is 40.7 Å². The molecule has 2 unspecified atom stereocenters. The molecule has 1 N–H and O–H groups in total. The van der Waals surface area contributed by atoms with Gasteiger partial charge >= 0.3 is 6.03 Å². The quantitative estimate of drug-likeness (QED) is 0.856. The van der Waals surface area contributed by atoms with Crippen LogP contribution in [0.3, 0.4) is 0 Å². The Morgan fingerprint density at radius 1 is 1.38 bits per heavy atom. The van der Waals surface area contributed by atoms with E-state index in [-0.39, 0.29) is 28.4 Å². The number of amides is 3. The molecule has 1 aliphatic rings. The number of benzene rings is 1. The van der Waals surface area contributed by atoms with Crippen molar-refractivity contribution < 1.29 is 14.0 Å². The molecule has 0 bridgehead atoms. The molecule has 1 saturated heterocycles. The smallest absolute Gasteiger partial charge is 0.317 e. The van der Waals surface area contributed by atoms with Crippen molar-refractivity contribution in [1.29, 1.82) is 0 Å². The first kappa shape index (κ1) is 18.6. The molecule has 0 saturated carbocycles. The van der Waals surface area contributed by atoms with Crippen LogP contribution in [0.2, 0.25) is 0 Å². The lowest BCUT2D eigenvalue weighted by Gasteiger charge is -2.27. The van der Waals surface area contributed by atoms with E-state index < -0.39 is 0 Å². The van der Waals surface area contributed by atoms with Gasteiger partial charge in [0.1, 0.15) is 11.2 Å². The minimum absolute atomic E-state index is 0.0525. The maximum absolute atomic E-state index is 13.1. The summed E-state index contributed by atoms with van der Waals surface area (Å²) in [4.78, 5) is 27.7. The number of carbonyl (C=O) groups excluding carboxylic acids is 2. The molecule has 1 heterocycles. The molecule has 1 aromatic rings. The van der Waals surface area contributed by atoms with Crippen molar-refractivity contribution in [3.63, 3.8) is 0 Å². The van der Waals surface area contributed by atoms with Gasteiger partial charge in [0.2, 0.25) is 5.91 Å². The third-order valence-corrected chi connectivity index (χ3v) is 5.35. The lowest BCUT2D eigenvalue weighted by molar-refractivity contribution is -0.129. The van der Waals surface area contributed by atoms with E-state index in [9.17, 15) is 14.0 Å². The van der Waals surface area contributed by atoms with E-state index in [4.69, 9.17) is 0 Å². The van der Waals surface area contributed by atoms with Crippen LogP contribution in [0, 0.1) is 5.82 Å². The molecule has 0 aromatic heterocycles. The van der Waals surface area contributed by atoms with Crippen molar-refractivity contribution in [3.8, 4) is 0 Å². The third-order valence-electron chi connectivity index (χ3n) is 3.95. The van der Waals surface area contributed by atoms with Crippen LogP contribution in [0.5, 0.6) is 0 Å². The molecule has 1 aliphatic heterocycles. The van der Waals surface area contributed by atoms with E-state index in [0.717, 1.165) is 12.0 Å². The van der Waals surface area contributed by atoms with Crippen LogP contribution in [0.15, 0.2) is 24.3 Å². The van der Waals surface area contributed by atoms with E-state index in [2.05, 4.69) is 5.32 Å². The fourth-order valence-corrected chi connectivity index (χ4v) is 3.82. The summed E-state index contributed by atoms with van der Waals surface area (Å²) in [6, 6.07) is 6.10. The van der Waals surface area contributed by atoms with Gasteiger partial charge in [0.15, 0.2) is 0 Å². The molecular formula is C17H24FN3O2S. The van der Waals surface area contributed by atoms with Crippen LogP contribution in [-0.4, -0.2) is 53.7 Å². The van der Waals surface area contributed by atoms with Crippen LogP contribution >= 0.6 is 11.8 Å². The molecule has 0 radical (unpaired) electrons. The maximum Gasteiger partial charge on any atom is 0.317 e. The Labute approximate surface area is 146 Å². The molecule has 0 spiro atoms. The summed E-state index contributed by atoms with van der Waals surface area (Å²) in [6.45, 7) is 5.41. The number of hydrogen-bond donors (Lipinski definition) is 1. The van der Waals surface area contributed by atoms with Gasteiger partial charge in [0.25, 0.3) is 0 Å². The van der Waals surface area contributed by atoms with Crippen LogP contribution in [0.1, 0.15) is 31.2 Å². The van der Waals surface area contributed by atoms with E-state index in [1.165, 1.54) is 12.1 Å². The van der Waals surface area contributed by atoms with Crippen molar-refractivity contribution in [2.75, 3.05) is 26.7 Å². The Kier molecular flexibility index (Phi) is 6.48. The van der Waals surface area contributed by atoms with Gasteiger partial charge in [-0.2, -0.15) is 0 Å². The first-order chi connectivity index (χ1) is 11.4. The second kappa shape index (κ2) is 8.37. The minimum atomic E-state index is -0.292. The third kappa shape index (κ3) is 4.41. The van der Waals surface area contributed by atoms with Gasteiger partial charge in [0.05, 0.1) is 5.25 Å². The van der Waals surface area contributed by atoms with E-state index in [0.29, 0.717) is 19.6 Å². The Morgan fingerprint density at radius 3 is 2.67 bits per heavy atom. The first-order valence-electron chi connectivity index (χ1n) is 8.14. The number of likely N-dealkylation sites (N-methyl/N-ethyl adjacent to an activating group) is 1. The topological polar surface area (TPSA) is 52.7 Å². The standard InChI is InChI=1S/C17H24FN3O2S/c1-4-9-19-17(23)20(3)10-11-21-15(22)12(2)24-16(21)13-5-7-14(18)8-6-13/h5-8,12,16H,4,9-11H2,1-3H3,(H,19,23). The van der Waals surface area contributed by atoms with Gasteiger partial charge < -0.3 is 15.1 Å². The number of rotatable bonds is 6. The van der Waals surface area contributed by atoms with Crippen LogP contribution < -0.4 is 5.32 Å². The predicted octanol–water partition coefficient (Wildman–Crippen LogP) is 2.84. The van der Waals surface area contributed by atoms with Gasteiger partial charge in [-0.15, -0.1) is 11.8 Å². The first-order valence-corrected chi connectivity index (χ1v) is 9.08. The Balaban J connectivity index is 2.01. The second-order valence-corrected chi connectivity index (χ2v) is 7.29. The van der Waals surface area contributed by atoms with Crippen LogP contribution in [-0.2, 0) is 4.79 Å². The predicted molar refractivity (Wildman–Crippen MR) is 94.2 cm³/mol. The Hall–Kier alpha value is -1.76. The van der Waals surface area contributed by atoms with Gasteiger partial charge in [-0.05, 0) is 31.0 Å². The highest BCUT2D eigenvalue weighted by Crippen LogP contribution is 2.42. The highest BCUT2D eigenvalue weighted by Gasteiger charge is 2.38. The van der Waals surface area contributed by atoms with Crippen molar-refractivity contribution in [1.82, 2.24) is 15.1 Å². The molecular weight excluding hydrogens is 329 g/mol. The minimum Gasteiger partial charge on any atom is -0.338 e. The SMILES string of the molecule is CCCNC(=O)N(C)CCN1C(=O)C(C)SC1c1ccc(F)cc1. The number of hydrogen-bond acceptors (Lipinski definition) is 3. The summed E-state index contributed by atoms with van der Waals surface area (Å²) >= 11 is 1.55. The summed E-state index contributed by atoms with van der Waals surface area (Å²) in [5.41, 5.74) is 0.900. The summed E-state index contributed by atoms with van der Waals surface area (Å²) in [7, 11) is 1.72. The van der Waals surface area contributed by atoms with E-state index >= 15 is 0 Å². The van der Waals surface area contributed by atoms with Crippen molar-refractivity contribution in [3.05, 3.63) is 35.6 Å². The second-order valence-electron chi connectivity index (χ2n) is 5.87. The highest BCUT2D eigenvalue weighted by atomic mass is 32.2. The molecule has 0 aliphatic carbocycles. The largest absolute Gasteiger partial charge is 0.338 e. The molecule has 132 valence electrons. The number of nitrogens with one attached hydrogen (secondary N) is 1. The zero-order valence-electron chi connectivity index (χ0n) is 14.3. The molecule has 3 amide bonds. The summed E-state index contributed by atoms with van der Waals surface area (Å²) in [5.74, 6) is -0.239. The number of urea groups is 1. The average Bonchev–Trinajstić information content (AvgIpc) is 2.86. The lowest BCUT2D eigenvalue weighted by atomic mass is 10.2. The normalized spacial score (nSPS) is 20.3. The highest BCUT2D eigenvalue weighted by molar-refractivity contribution is 8.01.